The van der Waals surface area contributed by atoms with Crippen LogP contribution in [-0.2, 0) is 14.3 Å². The molecule has 1 aliphatic carbocycles. The van der Waals surface area contributed by atoms with Crippen molar-refractivity contribution in [3.8, 4) is 0 Å². The number of hydrogen-bond donors (Lipinski definition) is 2. The smallest absolute Gasteiger partial charge is 0.239 e. The summed E-state index contributed by atoms with van der Waals surface area (Å²) < 4.78 is 11.3. The third-order valence-electron chi connectivity index (χ3n) is 5.71. The first-order chi connectivity index (χ1) is 11.5. The molecule has 0 spiro atoms. The zero-order valence-corrected chi connectivity index (χ0v) is 17.7. The van der Waals surface area contributed by atoms with Crippen LogP contribution in [0.3, 0.4) is 0 Å². The Morgan fingerprint density at radius 2 is 1.92 bits per heavy atom. The first-order valence-electron chi connectivity index (χ1n) is 9.49. The van der Waals surface area contributed by atoms with Crippen LogP contribution in [0.1, 0.15) is 46.0 Å². The van der Waals surface area contributed by atoms with Crippen molar-refractivity contribution in [3.05, 3.63) is 0 Å². The van der Waals surface area contributed by atoms with Crippen LogP contribution in [0.15, 0.2) is 0 Å². The Kier molecular flexibility index (Phi) is 9.61. The van der Waals surface area contributed by atoms with E-state index in [1.165, 1.54) is 19.3 Å². The molecular weight excluding hydrogens is 377 g/mol. The number of morpholine rings is 2. The van der Waals surface area contributed by atoms with Crippen molar-refractivity contribution in [2.45, 2.75) is 63.1 Å². The molecule has 154 valence electrons. The first-order valence-corrected chi connectivity index (χ1v) is 9.49. The lowest BCUT2D eigenvalue weighted by Crippen LogP contribution is -2.64. The summed E-state index contributed by atoms with van der Waals surface area (Å²) in [6.45, 7) is 9.66. The van der Waals surface area contributed by atoms with E-state index in [0.29, 0.717) is 13.2 Å². The van der Waals surface area contributed by atoms with Gasteiger partial charge in [0.2, 0.25) is 5.91 Å². The Hall–Kier alpha value is -0.110. The molecular formula is C18H35Cl2N3O3. The van der Waals surface area contributed by atoms with Crippen LogP contribution in [0.4, 0.5) is 0 Å². The van der Waals surface area contributed by atoms with E-state index in [2.05, 4.69) is 29.4 Å². The molecule has 3 rings (SSSR count). The van der Waals surface area contributed by atoms with E-state index >= 15 is 0 Å². The summed E-state index contributed by atoms with van der Waals surface area (Å²) in [4.78, 5) is 15.1. The van der Waals surface area contributed by atoms with Gasteiger partial charge in [-0.15, -0.1) is 24.8 Å². The highest BCUT2D eigenvalue weighted by molar-refractivity contribution is 5.85. The van der Waals surface area contributed by atoms with Crippen molar-refractivity contribution < 1.29 is 14.3 Å². The Labute approximate surface area is 169 Å². The number of ether oxygens (including phenoxy) is 2. The molecule has 8 heteroatoms. The van der Waals surface area contributed by atoms with Crippen LogP contribution in [0.2, 0.25) is 0 Å². The Bertz CT molecular complexity index is 439. The summed E-state index contributed by atoms with van der Waals surface area (Å²) >= 11 is 0. The number of amides is 1. The zero-order valence-electron chi connectivity index (χ0n) is 16.1. The van der Waals surface area contributed by atoms with Gasteiger partial charge in [0.05, 0.1) is 25.4 Å². The molecule has 26 heavy (non-hydrogen) atoms. The molecule has 2 heterocycles. The Morgan fingerprint density at radius 1 is 1.19 bits per heavy atom. The summed E-state index contributed by atoms with van der Waals surface area (Å²) in [5, 5.41) is 6.46. The number of carbonyl (C=O) groups is 1. The molecule has 1 amide bonds. The van der Waals surface area contributed by atoms with Gasteiger partial charge in [0, 0.05) is 31.7 Å². The van der Waals surface area contributed by atoms with E-state index in [9.17, 15) is 4.79 Å². The van der Waals surface area contributed by atoms with Crippen molar-refractivity contribution in [2.75, 3.05) is 46.0 Å². The third-order valence-corrected chi connectivity index (χ3v) is 5.71. The number of nitrogens with one attached hydrogen (secondary N) is 2. The minimum Gasteiger partial charge on any atom is -0.378 e. The van der Waals surface area contributed by atoms with Gasteiger partial charge >= 0.3 is 0 Å². The molecule has 3 fully saturated rings. The monoisotopic (exact) mass is 411 g/mol. The van der Waals surface area contributed by atoms with E-state index in [-0.39, 0.29) is 47.9 Å². The molecule has 6 nitrogen and oxygen atoms in total. The standard InChI is InChI=1S/C18H33N3O3.2ClH/c1-17(2)14-21(9-11-24-17)18(6-4-3-5-7-18)13-20-16(22)15-12-23-10-8-19-15;;/h15,19H,3-14H2,1-2H3,(H,20,22);2*1H. The van der Waals surface area contributed by atoms with Gasteiger partial charge in [0.1, 0.15) is 6.04 Å². The first kappa shape index (κ1) is 23.9. The minimum absolute atomic E-state index is 0. The molecule has 1 atom stereocenters. The number of halogens is 2. The second kappa shape index (κ2) is 10.4. The van der Waals surface area contributed by atoms with Gasteiger partial charge in [0.25, 0.3) is 0 Å². The van der Waals surface area contributed by atoms with Gasteiger partial charge in [-0.05, 0) is 26.7 Å². The van der Waals surface area contributed by atoms with Crippen LogP contribution in [0.25, 0.3) is 0 Å². The number of nitrogens with zero attached hydrogens (tertiary/aromatic N) is 1. The average Bonchev–Trinajstić information content (AvgIpc) is 2.60. The van der Waals surface area contributed by atoms with Gasteiger partial charge in [0.15, 0.2) is 0 Å². The molecule has 0 aromatic heterocycles. The fourth-order valence-electron chi connectivity index (χ4n) is 4.34. The molecule has 0 aromatic carbocycles. The van der Waals surface area contributed by atoms with E-state index in [1.807, 2.05) is 0 Å². The van der Waals surface area contributed by atoms with E-state index < -0.39 is 0 Å². The molecule has 2 aliphatic heterocycles. The maximum absolute atomic E-state index is 12.5. The summed E-state index contributed by atoms with van der Waals surface area (Å²) in [5.41, 5.74) is -0.0179. The summed E-state index contributed by atoms with van der Waals surface area (Å²) in [6.07, 6.45) is 6.13. The second-order valence-corrected chi connectivity index (χ2v) is 8.11. The van der Waals surface area contributed by atoms with Crippen molar-refractivity contribution in [1.82, 2.24) is 15.5 Å². The predicted octanol–water partition coefficient (Wildman–Crippen LogP) is 1.75. The second-order valence-electron chi connectivity index (χ2n) is 8.11. The fraction of sp³-hybridized carbons (Fsp3) is 0.944. The van der Waals surface area contributed by atoms with Crippen LogP contribution in [-0.4, -0.2) is 74.0 Å². The molecule has 3 aliphatic rings. The highest BCUT2D eigenvalue weighted by Gasteiger charge is 2.42. The molecule has 1 unspecified atom stereocenters. The van der Waals surface area contributed by atoms with E-state index in [0.717, 1.165) is 45.6 Å². The van der Waals surface area contributed by atoms with Gasteiger partial charge in [-0.1, -0.05) is 19.3 Å². The van der Waals surface area contributed by atoms with Crippen molar-refractivity contribution >= 4 is 30.7 Å². The normalized spacial score (nSPS) is 28.3. The van der Waals surface area contributed by atoms with Crippen LogP contribution in [0.5, 0.6) is 0 Å². The highest BCUT2D eigenvalue weighted by Crippen LogP contribution is 2.36. The lowest BCUT2D eigenvalue weighted by atomic mass is 9.79. The molecule has 0 radical (unpaired) electrons. The Morgan fingerprint density at radius 3 is 2.54 bits per heavy atom. The molecule has 0 aromatic rings. The van der Waals surface area contributed by atoms with Crippen LogP contribution in [0, 0.1) is 0 Å². The summed E-state index contributed by atoms with van der Waals surface area (Å²) in [7, 11) is 0. The quantitative estimate of drug-likeness (QED) is 0.737. The molecule has 0 bridgehead atoms. The van der Waals surface area contributed by atoms with Crippen LogP contribution < -0.4 is 10.6 Å². The van der Waals surface area contributed by atoms with E-state index in [4.69, 9.17) is 9.47 Å². The molecule has 1 saturated carbocycles. The molecule has 2 saturated heterocycles. The maximum atomic E-state index is 12.5. The van der Waals surface area contributed by atoms with Gasteiger partial charge in [-0.3, -0.25) is 9.69 Å². The van der Waals surface area contributed by atoms with Gasteiger partial charge in [-0.25, -0.2) is 0 Å². The number of rotatable bonds is 4. The van der Waals surface area contributed by atoms with Crippen molar-refractivity contribution in [1.29, 1.82) is 0 Å². The maximum Gasteiger partial charge on any atom is 0.239 e. The lowest BCUT2D eigenvalue weighted by Gasteiger charge is -2.51. The third kappa shape index (κ3) is 5.94. The highest BCUT2D eigenvalue weighted by atomic mass is 35.5. The summed E-state index contributed by atoms with van der Waals surface area (Å²) in [5.74, 6) is 0.0761. The largest absolute Gasteiger partial charge is 0.378 e. The zero-order chi connectivity index (χ0) is 17.0. The SMILES string of the molecule is CC1(C)CN(C2(CNC(=O)C3COCCN3)CCCCC2)CCO1.Cl.Cl. The van der Waals surface area contributed by atoms with Gasteiger partial charge < -0.3 is 20.1 Å². The number of hydrogen-bond acceptors (Lipinski definition) is 5. The minimum atomic E-state index is -0.208. The topological polar surface area (TPSA) is 62.8 Å². The predicted molar refractivity (Wildman–Crippen MR) is 108 cm³/mol. The van der Waals surface area contributed by atoms with Gasteiger partial charge in [-0.2, -0.15) is 0 Å². The average molecular weight is 412 g/mol. The Balaban J connectivity index is 0.00000169. The lowest BCUT2D eigenvalue weighted by molar-refractivity contribution is -0.132. The van der Waals surface area contributed by atoms with Crippen molar-refractivity contribution in [3.63, 3.8) is 0 Å². The summed E-state index contributed by atoms with van der Waals surface area (Å²) in [6, 6.07) is -0.208. The van der Waals surface area contributed by atoms with Crippen molar-refractivity contribution in [2.24, 2.45) is 0 Å². The fourth-order valence-corrected chi connectivity index (χ4v) is 4.34. The van der Waals surface area contributed by atoms with E-state index in [1.54, 1.807) is 0 Å². The van der Waals surface area contributed by atoms with Crippen LogP contribution >= 0.6 is 24.8 Å². The number of carbonyl (C=O) groups excluding carboxylic acids is 1. The molecule has 2 N–H and O–H groups in total.